The zero-order valence-corrected chi connectivity index (χ0v) is 13.0. The van der Waals surface area contributed by atoms with Gasteiger partial charge in [0.05, 0.1) is 24.7 Å². The molecule has 0 aliphatic heterocycles. The van der Waals surface area contributed by atoms with E-state index in [2.05, 4.69) is 10.6 Å². The largest absolute Gasteiger partial charge is 0.493 e. The standard InChI is InChI=1S/C14H21N3O5/c1-4-15-6-7-16-14(18)10-8-12(21-3)13(22-5-2)9-11(10)17(19)20/h8-9,15H,4-7H2,1-3H3,(H,16,18). The number of methoxy groups -OCH3 is 1. The van der Waals surface area contributed by atoms with Crippen molar-refractivity contribution in [2.24, 2.45) is 0 Å². The topological polar surface area (TPSA) is 103 Å². The van der Waals surface area contributed by atoms with Crippen LogP contribution < -0.4 is 20.1 Å². The predicted octanol–water partition coefficient (Wildman–Crippen LogP) is 1.34. The fourth-order valence-corrected chi connectivity index (χ4v) is 1.85. The molecule has 0 saturated heterocycles. The maximum atomic E-state index is 12.1. The van der Waals surface area contributed by atoms with E-state index in [1.165, 1.54) is 19.2 Å². The number of benzene rings is 1. The molecule has 1 aromatic rings. The lowest BCUT2D eigenvalue weighted by Gasteiger charge is -2.12. The van der Waals surface area contributed by atoms with Crippen LogP contribution in [0.25, 0.3) is 0 Å². The van der Waals surface area contributed by atoms with E-state index >= 15 is 0 Å². The smallest absolute Gasteiger partial charge is 0.286 e. The number of nitro benzene ring substituents is 1. The Hall–Kier alpha value is -2.35. The number of ether oxygens (including phenoxy) is 2. The fraction of sp³-hybridized carbons (Fsp3) is 0.500. The number of likely N-dealkylation sites (N-methyl/N-ethyl adjacent to an activating group) is 1. The molecule has 8 nitrogen and oxygen atoms in total. The van der Waals surface area contributed by atoms with Crippen molar-refractivity contribution in [3.63, 3.8) is 0 Å². The van der Waals surface area contributed by atoms with E-state index in [-0.39, 0.29) is 22.7 Å². The second-order valence-corrected chi connectivity index (χ2v) is 4.32. The monoisotopic (exact) mass is 311 g/mol. The maximum absolute atomic E-state index is 12.1. The highest BCUT2D eigenvalue weighted by Gasteiger charge is 2.24. The minimum absolute atomic E-state index is 0.0539. The molecule has 22 heavy (non-hydrogen) atoms. The number of carbonyl (C=O) groups excluding carboxylic acids is 1. The SMILES string of the molecule is CCNCCNC(=O)c1cc(OC)c(OCC)cc1[N+](=O)[O-]. The van der Waals surface area contributed by atoms with Gasteiger partial charge in [0.1, 0.15) is 5.56 Å². The second-order valence-electron chi connectivity index (χ2n) is 4.32. The third-order valence-electron chi connectivity index (χ3n) is 2.86. The fourth-order valence-electron chi connectivity index (χ4n) is 1.85. The van der Waals surface area contributed by atoms with Crippen molar-refractivity contribution >= 4 is 11.6 Å². The lowest BCUT2D eigenvalue weighted by atomic mass is 10.1. The first-order valence-corrected chi connectivity index (χ1v) is 7.03. The minimum atomic E-state index is -0.610. The summed E-state index contributed by atoms with van der Waals surface area (Å²) in [7, 11) is 1.41. The Labute approximate surface area is 128 Å². The van der Waals surface area contributed by atoms with Crippen LogP contribution in [-0.4, -0.2) is 44.2 Å². The molecule has 0 aliphatic rings. The van der Waals surface area contributed by atoms with Crippen molar-refractivity contribution in [2.75, 3.05) is 33.4 Å². The minimum Gasteiger partial charge on any atom is -0.493 e. The molecular formula is C14H21N3O5. The van der Waals surface area contributed by atoms with Crippen LogP contribution in [-0.2, 0) is 0 Å². The van der Waals surface area contributed by atoms with E-state index in [9.17, 15) is 14.9 Å². The summed E-state index contributed by atoms with van der Waals surface area (Å²) in [5.41, 5.74) is -0.369. The highest BCUT2D eigenvalue weighted by molar-refractivity contribution is 5.99. The van der Waals surface area contributed by atoms with Crippen LogP contribution in [0.2, 0.25) is 0 Å². The summed E-state index contributed by atoms with van der Waals surface area (Å²) in [6, 6.07) is 2.53. The Morgan fingerprint density at radius 3 is 2.55 bits per heavy atom. The molecule has 0 spiro atoms. The zero-order chi connectivity index (χ0) is 16.5. The summed E-state index contributed by atoms with van der Waals surface area (Å²) in [5, 5.41) is 16.9. The van der Waals surface area contributed by atoms with E-state index in [0.29, 0.717) is 19.7 Å². The number of rotatable bonds is 9. The number of carbonyl (C=O) groups is 1. The van der Waals surface area contributed by atoms with Gasteiger partial charge in [-0.2, -0.15) is 0 Å². The molecular weight excluding hydrogens is 290 g/mol. The van der Waals surface area contributed by atoms with Crippen molar-refractivity contribution in [1.82, 2.24) is 10.6 Å². The first kappa shape index (κ1) is 17.7. The van der Waals surface area contributed by atoms with Gasteiger partial charge in [-0.15, -0.1) is 0 Å². The lowest BCUT2D eigenvalue weighted by molar-refractivity contribution is -0.385. The molecule has 122 valence electrons. The van der Waals surface area contributed by atoms with Gasteiger partial charge in [0.2, 0.25) is 0 Å². The number of nitrogens with one attached hydrogen (secondary N) is 2. The van der Waals surface area contributed by atoms with Crippen LogP contribution in [0.4, 0.5) is 5.69 Å². The molecule has 1 rings (SSSR count). The Balaban J connectivity index is 3.05. The van der Waals surface area contributed by atoms with Crippen molar-refractivity contribution in [1.29, 1.82) is 0 Å². The molecule has 2 N–H and O–H groups in total. The van der Waals surface area contributed by atoms with E-state index in [4.69, 9.17) is 9.47 Å². The maximum Gasteiger partial charge on any atom is 0.286 e. The molecule has 0 heterocycles. The summed E-state index contributed by atoms with van der Waals surface area (Å²) in [4.78, 5) is 22.7. The Morgan fingerprint density at radius 2 is 2.00 bits per heavy atom. The van der Waals surface area contributed by atoms with Crippen LogP contribution in [0.1, 0.15) is 24.2 Å². The van der Waals surface area contributed by atoms with Crippen LogP contribution in [0.5, 0.6) is 11.5 Å². The van der Waals surface area contributed by atoms with Gasteiger partial charge in [0.25, 0.3) is 11.6 Å². The quantitative estimate of drug-likeness (QED) is 0.405. The Morgan fingerprint density at radius 1 is 1.27 bits per heavy atom. The van der Waals surface area contributed by atoms with Gasteiger partial charge in [0.15, 0.2) is 11.5 Å². The predicted molar refractivity (Wildman–Crippen MR) is 81.7 cm³/mol. The molecule has 0 saturated carbocycles. The molecule has 0 radical (unpaired) electrons. The molecule has 1 amide bonds. The number of hydrogen-bond donors (Lipinski definition) is 2. The van der Waals surface area contributed by atoms with E-state index in [0.717, 1.165) is 6.54 Å². The summed E-state index contributed by atoms with van der Waals surface area (Å²) in [6.45, 7) is 5.79. The first-order valence-electron chi connectivity index (χ1n) is 7.03. The van der Waals surface area contributed by atoms with Gasteiger partial charge >= 0.3 is 0 Å². The van der Waals surface area contributed by atoms with Gasteiger partial charge in [-0.1, -0.05) is 6.92 Å². The van der Waals surface area contributed by atoms with Crippen LogP contribution in [0, 0.1) is 10.1 Å². The Bertz CT molecular complexity index is 533. The van der Waals surface area contributed by atoms with Crippen LogP contribution in [0.3, 0.4) is 0 Å². The van der Waals surface area contributed by atoms with Crippen LogP contribution in [0.15, 0.2) is 12.1 Å². The van der Waals surface area contributed by atoms with Crippen molar-refractivity contribution in [3.05, 3.63) is 27.8 Å². The number of nitro groups is 1. The third-order valence-corrected chi connectivity index (χ3v) is 2.86. The second kappa shape index (κ2) is 8.83. The van der Waals surface area contributed by atoms with Crippen molar-refractivity contribution in [3.8, 4) is 11.5 Å². The summed E-state index contributed by atoms with van der Waals surface area (Å²) < 4.78 is 10.4. The van der Waals surface area contributed by atoms with E-state index in [1.54, 1.807) is 6.92 Å². The Kier molecular flexibility index (Phi) is 7.11. The number of nitrogens with zero attached hydrogens (tertiary/aromatic N) is 1. The third kappa shape index (κ3) is 4.59. The zero-order valence-electron chi connectivity index (χ0n) is 13.0. The normalized spacial score (nSPS) is 10.1. The van der Waals surface area contributed by atoms with E-state index < -0.39 is 10.8 Å². The van der Waals surface area contributed by atoms with E-state index in [1.807, 2.05) is 6.92 Å². The molecule has 0 aliphatic carbocycles. The van der Waals surface area contributed by atoms with Crippen molar-refractivity contribution in [2.45, 2.75) is 13.8 Å². The van der Waals surface area contributed by atoms with Crippen LogP contribution >= 0.6 is 0 Å². The molecule has 0 bridgehead atoms. The average Bonchev–Trinajstić information content (AvgIpc) is 2.51. The highest BCUT2D eigenvalue weighted by Crippen LogP contribution is 2.34. The number of amides is 1. The van der Waals surface area contributed by atoms with Crippen molar-refractivity contribution < 1.29 is 19.2 Å². The highest BCUT2D eigenvalue weighted by atomic mass is 16.6. The molecule has 0 unspecified atom stereocenters. The first-order chi connectivity index (χ1) is 10.5. The summed E-state index contributed by atoms with van der Waals surface area (Å²) in [5.74, 6) is -0.00358. The summed E-state index contributed by atoms with van der Waals surface area (Å²) >= 11 is 0. The molecule has 1 aromatic carbocycles. The molecule has 8 heteroatoms. The van der Waals surface area contributed by atoms with Gasteiger partial charge in [-0.05, 0) is 13.5 Å². The van der Waals surface area contributed by atoms with Gasteiger partial charge in [-0.3, -0.25) is 14.9 Å². The lowest BCUT2D eigenvalue weighted by Crippen LogP contribution is -2.32. The molecule has 0 fully saturated rings. The summed E-state index contributed by atoms with van der Waals surface area (Å²) in [6.07, 6.45) is 0. The van der Waals surface area contributed by atoms with Gasteiger partial charge in [-0.25, -0.2) is 0 Å². The molecule has 0 aromatic heterocycles. The van der Waals surface area contributed by atoms with Gasteiger partial charge < -0.3 is 20.1 Å². The molecule has 0 atom stereocenters. The average molecular weight is 311 g/mol. The number of hydrogen-bond acceptors (Lipinski definition) is 6. The van der Waals surface area contributed by atoms with Gasteiger partial charge in [0, 0.05) is 19.2 Å².